The van der Waals surface area contributed by atoms with Gasteiger partial charge in [-0.1, -0.05) is 6.92 Å². The zero-order valence-electron chi connectivity index (χ0n) is 10.7. The zero-order valence-corrected chi connectivity index (χ0v) is 10.7. The number of fused-ring (bicyclic) bond motifs is 3. The Hall–Kier alpha value is -1.42. The van der Waals surface area contributed by atoms with E-state index in [-0.39, 0.29) is 5.92 Å². The highest BCUT2D eigenvalue weighted by Gasteiger charge is 2.30. The molecule has 0 amide bonds. The van der Waals surface area contributed by atoms with Crippen LogP contribution >= 0.6 is 0 Å². The highest BCUT2D eigenvalue weighted by atomic mass is 16.5. The van der Waals surface area contributed by atoms with Gasteiger partial charge in [0.05, 0.1) is 13.2 Å². The molecule has 0 spiro atoms. The van der Waals surface area contributed by atoms with Crippen LogP contribution in [0.2, 0.25) is 0 Å². The molecule has 2 aliphatic rings. The van der Waals surface area contributed by atoms with Crippen LogP contribution in [-0.4, -0.2) is 10.8 Å². The SMILES string of the molecule is CCC(=O)C1CCc2nc(N)c3c(c2C1)COC3. The molecule has 1 aliphatic heterocycles. The third-order valence-electron chi connectivity index (χ3n) is 4.12. The molecule has 96 valence electrons. The van der Waals surface area contributed by atoms with Crippen molar-refractivity contribution in [1.29, 1.82) is 0 Å². The molecule has 0 radical (unpaired) electrons. The number of Topliss-reactive ketones (excluding diaryl/α,β-unsaturated/α-hetero) is 1. The van der Waals surface area contributed by atoms with Gasteiger partial charge in [0.2, 0.25) is 0 Å². The molecule has 2 N–H and O–H groups in total. The van der Waals surface area contributed by atoms with Gasteiger partial charge in [-0.3, -0.25) is 4.79 Å². The van der Waals surface area contributed by atoms with Crippen molar-refractivity contribution in [2.45, 2.75) is 45.8 Å². The van der Waals surface area contributed by atoms with Gasteiger partial charge in [0.1, 0.15) is 11.6 Å². The number of ether oxygens (including phenoxy) is 1. The minimum atomic E-state index is 0.164. The van der Waals surface area contributed by atoms with Crippen LogP contribution in [0.25, 0.3) is 0 Å². The number of carbonyl (C=O) groups is 1. The minimum Gasteiger partial charge on any atom is -0.383 e. The highest BCUT2D eigenvalue weighted by Crippen LogP contribution is 2.35. The molecule has 1 unspecified atom stereocenters. The van der Waals surface area contributed by atoms with E-state index in [1.807, 2.05) is 6.92 Å². The first-order valence-corrected chi connectivity index (χ1v) is 6.60. The molecule has 0 fully saturated rings. The van der Waals surface area contributed by atoms with Gasteiger partial charge in [-0.15, -0.1) is 0 Å². The van der Waals surface area contributed by atoms with E-state index < -0.39 is 0 Å². The highest BCUT2D eigenvalue weighted by molar-refractivity contribution is 5.81. The molecular weight excluding hydrogens is 228 g/mol. The lowest BCUT2D eigenvalue weighted by Gasteiger charge is -2.25. The molecule has 2 heterocycles. The average molecular weight is 246 g/mol. The van der Waals surface area contributed by atoms with E-state index in [4.69, 9.17) is 10.5 Å². The van der Waals surface area contributed by atoms with E-state index in [0.717, 1.165) is 30.5 Å². The summed E-state index contributed by atoms with van der Waals surface area (Å²) in [4.78, 5) is 16.4. The monoisotopic (exact) mass is 246 g/mol. The average Bonchev–Trinajstić information content (AvgIpc) is 2.88. The lowest BCUT2D eigenvalue weighted by Crippen LogP contribution is -2.24. The van der Waals surface area contributed by atoms with Gasteiger partial charge in [-0.2, -0.15) is 0 Å². The summed E-state index contributed by atoms with van der Waals surface area (Å²) in [6, 6.07) is 0. The van der Waals surface area contributed by atoms with E-state index in [1.165, 1.54) is 11.1 Å². The molecule has 1 aromatic heterocycles. The molecule has 1 atom stereocenters. The van der Waals surface area contributed by atoms with Gasteiger partial charge < -0.3 is 10.5 Å². The van der Waals surface area contributed by atoms with Crippen LogP contribution in [0.4, 0.5) is 5.82 Å². The number of rotatable bonds is 2. The Labute approximate surface area is 107 Å². The van der Waals surface area contributed by atoms with Crippen LogP contribution < -0.4 is 5.73 Å². The molecule has 3 rings (SSSR count). The largest absolute Gasteiger partial charge is 0.383 e. The maximum Gasteiger partial charge on any atom is 0.136 e. The van der Waals surface area contributed by atoms with Crippen LogP contribution in [0.1, 0.15) is 42.1 Å². The number of pyridine rings is 1. The van der Waals surface area contributed by atoms with Crippen molar-refractivity contribution < 1.29 is 9.53 Å². The van der Waals surface area contributed by atoms with Crippen molar-refractivity contribution in [3.8, 4) is 0 Å². The smallest absolute Gasteiger partial charge is 0.136 e. The first-order valence-electron chi connectivity index (χ1n) is 6.60. The third-order valence-corrected chi connectivity index (χ3v) is 4.12. The first kappa shape index (κ1) is 11.7. The van der Waals surface area contributed by atoms with Gasteiger partial charge in [0.25, 0.3) is 0 Å². The number of nitrogens with zero attached hydrogens (tertiary/aromatic N) is 1. The fraction of sp³-hybridized carbons (Fsp3) is 0.571. The quantitative estimate of drug-likeness (QED) is 0.863. The van der Waals surface area contributed by atoms with E-state index in [1.54, 1.807) is 0 Å². The predicted octanol–water partition coefficient (Wildman–Crippen LogP) is 1.78. The van der Waals surface area contributed by atoms with Crippen LogP contribution in [-0.2, 0) is 35.6 Å². The first-order chi connectivity index (χ1) is 8.70. The number of carbonyl (C=O) groups excluding carboxylic acids is 1. The number of hydrogen-bond donors (Lipinski definition) is 1. The fourth-order valence-corrected chi connectivity index (χ4v) is 3.05. The number of hydrogen-bond acceptors (Lipinski definition) is 4. The fourth-order valence-electron chi connectivity index (χ4n) is 3.05. The number of nitrogen functional groups attached to an aromatic ring is 1. The van der Waals surface area contributed by atoms with Crippen molar-refractivity contribution in [2.75, 3.05) is 5.73 Å². The molecule has 1 aromatic rings. The zero-order chi connectivity index (χ0) is 12.7. The van der Waals surface area contributed by atoms with Crippen molar-refractivity contribution in [1.82, 2.24) is 4.98 Å². The molecule has 1 aliphatic carbocycles. The minimum absolute atomic E-state index is 0.164. The second-order valence-corrected chi connectivity index (χ2v) is 5.13. The van der Waals surface area contributed by atoms with Gasteiger partial charge in [0, 0.05) is 23.6 Å². The predicted molar refractivity (Wildman–Crippen MR) is 68.0 cm³/mol. The third kappa shape index (κ3) is 1.72. The van der Waals surface area contributed by atoms with Crippen molar-refractivity contribution in [3.63, 3.8) is 0 Å². The van der Waals surface area contributed by atoms with Crippen molar-refractivity contribution in [3.05, 3.63) is 22.4 Å². The number of nitrogens with two attached hydrogens (primary N) is 1. The second kappa shape index (κ2) is 4.35. The Bertz CT molecular complexity index is 511. The molecule has 18 heavy (non-hydrogen) atoms. The lowest BCUT2D eigenvalue weighted by atomic mass is 9.81. The molecule has 0 saturated carbocycles. The Kier molecular flexibility index (Phi) is 2.82. The molecular formula is C14H18N2O2. The summed E-state index contributed by atoms with van der Waals surface area (Å²) in [6.45, 7) is 3.12. The van der Waals surface area contributed by atoms with Crippen LogP contribution in [0.5, 0.6) is 0 Å². The maximum atomic E-state index is 11.9. The lowest BCUT2D eigenvalue weighted by molar-refractivity contribution is -0.122. The van der Waals surface area contributed by atoms with Gasteiger partial charge in [0.15, 0.2) is 0 Å². The van der Waals surface area contributed by atoms with E-state index in [2.05, 4.69) is 4.98 Å². The van der Waals surface area contributed by atoms with Crippen molar-refractivity contribution >= 4 is 11.6 Å². The number of aromatic nitrogens is 1. The Balaban J connectivity index is 2.00. The summed E-state index contributed by atoms with van der Waals surface area (Å²) in [5.41, 5.74) is 10.5. The summed E-state index contributed by atoms with van der Waals surface area (Å²) < 4.78 is 5.48. The molecule has 0 aromatic carbocycles. The Morgan fingerprint density at radius 1 is 1.39 bits per heavy atom. The van der Waals surface area contributed by atoms with E-state index >= 15 is 0 Å². The Morgan fingerprint density at radius 2 is 2.17 bits per heavy atom. The van der Waals surface area contributed by atoms with Crippen molar-refractivity contribution in [2.24, 2.45) is 5.92 Å². The topological polar surface area (TPSA) is 65.2 Å². The van der Waals surface area contributed by atoms with Crippen LogP contribution in [0, 0.1) is 5.92 Å². The molecule has 4 heteroatoms. The summed E-state index contributed by atoms with van der Waals surface area (Å²) in [7, 11) is 0. The second-order valence-electron chi connectivity index (χ2n) is 5.13. The standard InChI is InChI=1S/C14H18N2O2/c1-2-13(17)8-3-4-12-9(5-8)10-6-18-7-11(10)14(15)16-12/h8H,2-7H2,1H3,(H2,15,16). The Morgan fingerprint density at radius 3 is 2.94 bits per heavy atom. The molecule has 0 bridgehead atoms. The van der Waals surface area contributed by atoms with Gasteiger partial charge >= 0.3 is 0 Å². The van der Waals surface area contributed by atoms with E-state index in [9.17, 15) is 4.79 Å². The van der Waals surface area contributed by atoms with Crippen LogP contribution in [0.15, 0.2) is 0 Å². The number of ketones is 1. The normalized spacial score (nSPS) is 21.5. The summed E-state index contributed by atoms with van der Waals surface area (Å²) >= 11 is 0. The number of aryl methyl sites for hydroxylation is 1. The summed E-state index contributed by atoms with van der Waals surface area (Å²) in [6.07, 6.45) is 3.22. The summed E-state index contributed by atoms with van der Waals surface area (Å²) in [5, 5.41) is 0. The molecule has 4 nitrogen and oxygen atoms in total. The number of anilines is 1. The van der Waals surface area contributed by atoms with E-state index in [0.29, 0.717) is 31.2 Å². The summed E-state index contributed by atoms with van der Waals surface area (Å²) in [5.74, 6) is 1.14. The van der Waals surface area contributed by atoms with Crippen LogP contribution in [0.3, 0.4) is 0 Å². The molecule has 0 saturated heterocycles. The maximum absolute atomic E-state index is 11.9. The van der Waals surface area contributed by atoms with Gasteiger partial charge in [-0.05, 0) is 30.4 Å². The van der Waals surface area contributed by atoms with Gasteiger partial charge in [-0.25, -0.2) is 4.98 Å².